The molecule has 0 aliphatic rings. The zero-order valence-electron chi connectivity index (χ0n) is 12.0. The highest BCUT2D eigenvalue weighted by atomic mass is 32.2. The Hall–Kier alpha value is -2.53. The first-order valence-electron chi connectivity index (χ1n) is 6.79. The predicted octanol–water partition coefficient (Wildman–Crippen LogP) is 4.06. The molecule has 4 nitrogen and oxygen atoms in total. The maximum Gasteiger partial charge on any atom is 0.261 e. The van der Waals surface area contributed by atoms with E-state index in [9.17, 15) is 8.42 Å². The molecule has 112 valence electrons. The van der Waals surface area contributed by atoms with Crippen LogP contribution in [0.5, 0.6) is 0 Å². The SMILES string of the molecule is Cc1ccc(-c2ccc(NS(=O)(=O)c3ccccc3)cc2)o1. The number of sulfonamides is 1. The topological polar surface area (TPSA) is 59.3 Å². The second-order valence-electron chi connectivity index (χ2n) is 4.91. The first-order chi connectivity index (χ1) is 10.5. The maximum absolute atomic E-state index is 12.2. The van der Waals surface area contributed by atoms with E-state index in [0.717, 1.165) is 17.1 Å². The second kappa shape index (κ2) is 5.69. The average Bonchev–Trinajstić information content (AvgIpc) is 2.95. The summed E-state index contributed by atoms with van der Waals surface area (Å²) < 4.78 is 32.6. The van der Waals surface area contributed by atoms with E-state index in [2.05, 4.69) is 4.72 Å². The van der Waals surface area contributed by atoms with Crippen LogP contribution in [-0.4, -0.2) is 8.42 Å². The Morgan fingerprint density at radius 2 is 1.55 bits per heavy atom. The molecule has 0 aliphatic heterocycles. The van der Waals surface area contributed by atoms with Gasteiger partial charge in [0.25, 0.3) is 10.0 Å². The van der Waals surface area contributed by atoms with E-state index in [0.29, 0.717) is 5.69 Å². The lowest BCUT2D eigenvalue weighted by atomic mass is 10.1. The summed E-state index contributed by atoms with van der Waals surface area (Å²) in [6, 6.07) is 19.1. The Kier molecular flexibility index (Phi) is 3.73. The van der Waals surface area contributed by atoms with E-state index in [-0.39, 0.29) is 4.90 Å². The van der Waals surface area contributed by atoms with Crippen LogP contribution in [0.4, 0.5) is 5.69 Å². The molecule has 0 aliphatic carbocycles. The Morgan fingerprint density at radius 1 is 0.864 bits per heavy atom. The van der Waals surface area contributed by atoms with E-state index in [1.54, 1.807) is 42.5 Å². The van der Waals surface area contributed by atoms with Gasteiger partial charge in [-0.1, -0.05) is 18.2 Å². The summed E-state index contributed by atoms with van der Waals surface area (Å²) in [6.07, 6.45) is 0. The van der Waals surface area contributed by atoms with E-state index in [1.807, 2.05) is 31.2 Å². The van der Waals surface area contributed by atoms with E-state index < -0.39 is 10.0 Å². The minimum absolute atomic E-state index is 0.237. The van der Waals surface area contributed by atoms with Gasteiger partial charge in [0.05, 0.1) is 4.90 Å². The van der Waals surface area contributed by atoms with Gasteiger partial charge < -0.3 is 4.42 Å². The zero-order chi connectivity index (χ0) is 15.6. The third kappa shape index (κ3) is 3.04. The summed E-state index contributed by atoms with van der Waals surface area (Å²) >= 11 is 0. The summed E-state index contributed by atoms with van der Waals surface area (Å²) in [6.45, 7) is 1.88. The van der Waals surface area contributed by atoms with Crippen LogP contribution in [0.15, 0.2) is 76.0 Å². The van der Waals surface area contributed by atoms with Crippen molar-refractivity contribution in [2.24, 2.45) is 0 Å². The van der Waals surface area contributed by atoms with E-state index in [1.165, 1.54) is 0 Å². The summed E-state index contributed by atoms with van der Waals surface area (Å²) in [5.41, 5.74) is 1.41. The highest BCUT2D eigenvalue weighted by Crippen LogP contribution is 2.24. The Balaban J connectivity index is 1.82. The number of anilines is 1. The van der Waals surface area contributed by atoms with Crippen LogP contribution in [-0.2, 0) is 10.0 Å². The van der Waals surface area contributed by atoms with Gasteiger partial charge in [-0.3, -0.25) is 4.72 Å². The van der Waals surface area contributed by atoms with Gasteiger partial charge in [0, 0.05) is 11.3 Å². The van der Waals surface area contributed by atoms with Gasteiger partial charge in [-0.15, -0.1) is 0 Å². The van der Waals surface area contributed by atoms with Crippen molar-refractivity contribution in [2.75, 3.05) is 4.72 Å². The number of rotatable bonds is 4. The summed E-state index contributed by atoms with van der Waals surface area (Å²) in [5.74, 6) is 1.60. The highest BCUT2D eigenvalue weighted by molar-refractivity contribution is 7.92. The molecular formula is C17H15NO3S. The van der Waals surface area contributed by atoms with Crippen molar-refractivity contribution in [3.05, 3.63) is 72.5 Å². The third-order valence-corrected chi connectivity index (χ3v) is 4.61. The van der Waals surface area contributed by atoms with Crippen molar-refractivity contribution in [1.29, 1.82) is 0 Å². The largest absolute Gasteiger partial charge is 0.461 e. The molecule has 0 bridgehead atoms. The van der Waals surface area contributed by atoms with Gasteiger partial charge in [-0.25, -0.2) is 8.42 Å². The van der Waals surface area contributed by atoms with Crippen LogP contribution in [0.1, 0.15) is 5.76 Å². The molecular weight excluding hydrogens is 298 g/mol. The molecule has 22 heavy (non-hydrogen) atoms. The molecule has 0 unspecified atom stereocenters. The predicted molar refractivity (Wildman–Crippen MR) is 86.1 cm³/mol. The smallest absolute Gasteiger partial charge is 0.261 e. The normalized spacial score (nSPS) is 11.3. The summed E-state index contributed by atoms with van der Waals surface area (Å²) in [5, 5.41) is 0. The fourth-order valence-electron chi connectivity index (χ4n) is 2.11. The van der Waals surface area contributed by atoms with Crippen LogP contribution in [0, 0.1) is 6.92 Å². The van der Waals surface area contributed by atoms with Gasteiger partial charge in [-0.05, 0) is 55.5 Å². The molecule has 2 aromatic carbocycles. The first-order valence-corrected chi connectivity index (χ1v) is 8.28. The van der Waals surface area contributed by atoms with Crippen LogP contribution in [0.2, 0.25) is 0 Å². The molecule has 0 amide bonds. The van der Waals surface area contributed by atoms with Crippen molar-refractivity contribution in [2.45, 2.75) is 11.8 Å². The lowest BCUT2D eigenvalue weighted by Gasteiger charge is -2.08. The van der Waals surface area contributed by atoms with Crippen LogP contribution in [0.25, 0.3) is 11.3 Å². The molecule has 1 aromatic heterocycles. The van der Waals surface area contributed by atoms with Gasteiger partial charge in [-0.2, -0.15) is 0 Å². The average molecular weight is 313 g/mol. The summed E-state index contributed by atoms with van der Waals surface area (Å²) in [4.78, 5) is 0.237. The minimum atomic E-state index is -3.56. The van der Waals surface area contributed by atoms with E-state index in [4.69, 9.17) is 4.42 Å². The zero-order valence-corrected chi connectivity index (χ0v) is 12.8. The molecule has 3 aromatic rings. The Bertz CT molecular complexity index is 866. The molecule has 1 heterocycles. The fourth-order valence-corrected chi connectivity index (χ4v) is 3.19. The number of benzene rings is 2. The lowest BCUT2D eigenvalue weighted by Crippen LogP contribution is -2.12. The molecule has 0 fully saturated rings. The number of hydrogen-bond donors (Lipinski definition) is 1. The van der Waals surface area contributed by atoms with E-state index >= 15 is 0 Å². The van der Waals surface area contributed by atoms with Crippen molar-refractivity contribution >= 4 is 15.7 Å². The third-order valence-electron chi connectivity index (χ3n) is 3.22. The monoisotopic (exact) mass is 313 g/mol. The molecule has 0 spiro atoms. The standard InChI is InChI=1S/C17H15NO3S/c1-13-7-12-17(21-13)14-8-10-15(11-9-14)18-22(19,20)16-5-3-2-4-6-16/h2-12,18H,1H3. The van der Waals surface area contributed by atoms with Crippen molar-refractivity contribution < 1.29 is 12.8 Å². The second-order valence-corrected chi connectivity index (χ2v) is 6.59. The molecule has 0 saturated heterocycles. The van der Waals surface area contributed by atoms with Gasteiger partial charge >= 0.3 is 0 Å². The Labute approximate surface area is 129 Å². The minimum Gasteiger partial charge on any atom is -0.461 e. The molecule has 0 atom stereocenters. The van der Waals surface area contributed by atoms with Crippen LogP contribution >= 0.6 is 0 Å². The number of furan rings is 1. The molecule has 0 saturated carbocycles. The van der Waals surface area contributed by atoms with Crippen molar-refractivity contribution in [1.82, 2.24) is 0 Å². The van der Waals surface area contributed by atoms with Gasteiger partial charge in [0.1, 0.15) is 11.5 Å². The maximum atomic E-state index is 12.2. The highest BCUT2D eigenvalue weighted by Gasteiger charge is 2.13. The summed E-state index contributed by atoms with van der Waals surface area (Å²) in [7, 11) is -3.56. The lowest BCUT2D eigenvalue weighted by molar-refractivity contribution is 0.548. The first kappa shape index (κ1) is 14.4. The molecule has 1 N–H and O–H groups in total. The number of nitrogens with one attached hydrogen (secondary N) is 1. The Morgan fingerprint density at radius 3 is 2.14 bits per heavy atom. The van der Waals surface area contributed by atoms with Crippen molar-refractivity contribution in [3.8, 4) is 11.3 Å². The molecule has 3 rings (SSSR count). The number of aryl methyl sites for hydroxylation is 1. The molecule has 5 heteroatoms. The fraction of sp³-hybridized carbons (Fsp3) is 0.0588. The quantitative estimate of drug-likeness (QED) is 0.790. The number of hydrogen-bond acceptors (Lipinski definition) is 3. The van der Waals surface area contributed by atoms with Crippen molar-refractivity contribution in [3.63, 3.8) is 0 Å². The van der Waals surface area contributed by atoms with Gasteiger partial charge in [0.2, 0.25) is 0 Å². The molecule has 0 radical (unpaired) electrons. The van der Waals surface area contributed by atoms with Crippen LogP contribution < -0.4 is 4.72 Å². The van der Waals surface area contributed by atoms with Gasteiger partial charge in [0.15, 0.2) is 0 Å². The van der Waals surface area contributed by atoms with Crippen LogP contribution in [0.3, 0.4) is 0 Å².